The highest BCUT2D eigenvalue weighted by atomic mass is 16.6. The first-order valence-electron chi connectivity index (χ1n) is 26.3. The van der Waals surface area contributed by atoms with Crippen LogP contribution in [0.3, 0.4) is 0 Å². The van der Waals surface area contributed by atoms with Gasteiger partial charge in [0.15, 0.2) is 6.10 Å². The highest BCUT2D eigenvalue weighted by molar-refractivity contribution is 5.71. The van der Waals surface area contributed by atoms with E-state index in [4.69, 9.17) is 14.2 Å². The number of hydrogen-bond acceptors (Lipinski definition) is 6. The van der Waals surface area contributed by atoms with E-state index in [1.807, 2.05) is 0 Å². The summed E-state index contributed by atoms with van der Waals surface area (Å²) in [6.45, 7) is 11.4. The summed E-state index contributed by atoms with van der Waals surface area (Å²) in [6.07, 6.45) is 46.5. The maximum absolute atomic E-state index is 12.8. The third-order valence-electron chi connectivity index (χ3n) is 12.7. The Kier molecular flexibility index (Phi) is 44.7. The smallest absolute Gasteiger partial charge is 0.306 e. The van der Waals surface area contributed by atoms with E-state index in [0.29, 0.717) is 19.3 Å². The van der Waals surface area contributed by atoms with Crippen LogP contribution in [0.1, 0.15) is 291 Å². The molecule has 0 radical (unpaired) electrons. The van der Waals surface area contributed by atoms with Crippen molar-refractivity contribution in [3.8, 4) is 0 Å². The highest BCUT2D eigenvalue weighted by Crippen LogP contribution is 2.18. The van der Waals surface area contributed by atoms with Crippen molar-refractivity contribution in [2.24, 2.45) is 11.8 Å². The van der Waals surface area contributed by atoms with Crippen LogP contribution in [0.15, 0.2) is 0 Å². The Bertz CT molecular complexity index is 904. The van der Waals surface area contributed by atoms with Crippen LogP contribution in [0.2, 0.25) is 0 Å². The zero-order valence-corrected chi connectivity index (χ0v) is 40.4. The lowest BCUT2D eigenvalue weighted by molar-refractivity contribution is -0.167. The molecule has 0 saturated carbocycles. The normalized spacial score (nSPS) is 13.0. The number of ether oxygens (including phenoxy) is 3. The number of carbonyl (C=O) groups is 3. The van der Waals surface area contributed by atoms with Gasteiger partial charge in [-0.05, 0) is 31.1 Å². The van der Waals surface area contributed by atoms with Crippen LogP contribution < -0.4 is 0 Å². The van der Waals surface area contributed by atoms with E-state index >= 15 is 0 Å². The van der Waals surface area contributed by atoms with E-state index in [2.05, 4.69) is 34.6 Å². The fourth-order valence-electron chi connectivity index (χ4n) is 7.93. The molecule has 0 fully saturated rings. The summed E-state index contributed by atoms with van der Waals surface area (Å²) >= 11 is 0. The topological polar surface area (TPSA) is 78.9 Å². The Morgan fingerprint density at radius 1 is 0.339 bits per heavy atom. The monoisotopic (exact) mass is 835 g/mol. The highest BCUT2D eigenvalue weighted by Gasteiger charge is 2.19. The average molecular weight is 835 g/mol. The lowest BCUT2D eigenvalue weighted by Crippen LogP contribution is -2.30. The van der Waals surface area contributed by atoms with Gasteiger partial charge in [-0.3, -0.25) is 14.4 Å². The third-order valence-corrected chi connectivity index (χ3v) is 12.7. The summed E-state index contributed by atoms with van der Waals surface area (Å²) in [5.74, 6) is 0.893. The van der Waals surface area contributed by atoms with E-state index in [-0.39, 0.29) is 31.1 Å². The van der Waals surface area contributed by atoms with Crippen molar-refractivity contribution in [3.05, 3.63) is 0 Å². The number of rotatable bonds is 47. The molecule has 0 aliphatic rings. The quantitative estimate of drug-likeness (QED) is 0.0345. The van der Waals surface area contributed by atoms with Crippen LogP contribution in [0.25, 0.3) is 0 Å². The number of unbranched alkanes of at least 4 members (excludes halogenated alkanes) is 30. The second-order valence-electron chi connectivity index (χ2n) is 18.6. The molecule has 0 spiro atoms. The number of hydrogen-bond donors (Lipinski definition) is 0. The molecule has 0 saturated heterocycles. The molecule has 59 heavy (non-hydrogen) atoms. The molecule has 0 amide bonds. The summed E-state index contributed by atoms with van der Waals surface area (Å²) in [5.41, 5.74) is 0. The molecule has 3 atom stereocenters. The van der Waals surface area contributed by atoms with Crippen molar-refractivity contribution in [1.82, 2.24) is 0 Å². The molecule has 0 bridgehead atoms. The Morgan fingerprint density at radius 2 is 0.593 bits per heavy atom. The van der Waals surface area contributed by atoms with E-state index in [0.717, 1.165) is 69.6 Å². The zero-order valence-electron chi connectivity index (χ0n) is 40.4. The molecule has 2 unspecified atom stereocenters. The van der Waals surface area contributed by atoms with Gasteiger partial charge in [-0.2, -0.15) is 0 Å². The molecular formula is C53H102O6. The van der Waals surface area contributed by atoms with Crippen molar-refractivity contribution in [2.45, 2.75) is 298 Å². The SMILES string of the molecule is CCCCCCCCCCCCCC(=O)OC[C@@H](COC(=O)CCCCCCCCCCC(C)CC)OC(=O)CCCCCCCCCCCCCCCCC(C)CC. The lowest BCUT2D eigenvalue weighted by Gasteiger charge is -2.18. The van der Waals surface area contributed by atoms with Crippen LogP contribution in [-0.2, 0) is 28.6 Å². The fraction of sp³-hybridized carbons (Fsp3) is 0.943. The standard InChI is InChI=1S/C53H102O6/c1-6-9-10-11-12-13-18-22-28-33-38-43-51(54)57-46-50(47-58-52(55)44-39-34-29-25-24-27-32-37-42-49(5)8-3)59-53(56)45-40-35-30-23-20-17-15-14-16-19-21-26-31-36-41-48(4)7-2/h48-50H,6-47H2,1-5H3/t48?,49?,50-/m0/s1. The first kappa shape index (κ1) is 57.4. The Balaban J connectivity index is 4.29. The minimum absolute atomic E-state index is 0.0639. The predicted molar refractivity (Wildman–Crippen MR) is 252 cm³/mol. The molecule has 0 aromatic rings. The van der Waals surface area contributed by atoms with E-state index in [1.54, 1.807) is 0 Å². The van der Waals surface area contributed by atoms with Gasteiger partial charge in [0.25, 0.3) is 0 Å². The Morgan fingerprint density at radius 3 is 0.881 bits per heavy atom. The van der Waals surface area contributed by atoms with Crippen LogP contribution in [-0.4, -0.2) is 37.2 Å². The predicted octanol–water partition coefficient (Wildman–Crippen LogP) is 16.9. The van der Waals surface area contributed by atoms with Crippen LogP contribution >= 0.6 is 0 Å². The molecule has 0 aromatic carbocycles. The largest absolute Gasteiger partial charge is 0.462 e. The molecule has 0 N–H and O–H groups in total. The van der Waals surface area contributed by atoms with Crippen molar-refractivity contribution < 1.29 is 28.6 Å². The van der Waals surface area contributed by atoms with Crippen molar-refractivity contribution in [1.29, 1.82) is 0 Å². The first-order valence-corrected chi connectivity index (χ1v) is 26.3. The zero-order chi connectivity index (χ0) is 43.3. The van der Waals surface area contributed by atoms with Gasteiger partial charge in [-0.25, -0.2) is 0 Å². The van der Waals surface area contributed by atoms with E-state index in [9.17, 15) is 14.4 Å². The summed E-state index contributed by atoms with van der Waals surface area (Å²) < 4.78 is 16.8. The molecule has 0 rings (SSSR count). The van der Waals surface area contributed by atoms with Crippen molar-refractivity contribution in [2.75, 3.05) is 13.2 Å². The maximum Gasteiger partial charge on any atom is 0.306 e. The molecular weight excluding hydrogens is 733 g/mol. The van der Waals surface area contributed by atoms with Gasteiger partial charge in [-0.1, -0.05) is 253 Å². The number of esters is 3. The van der Waals surface area contributed by atoms with Crippen molar-refractivity contribution in [3.63, 3.8) is 0 Å². The van der Waals surface area contributed by atoms with Gasteiger partial charge >= 0.3 is 17.9 Å². The van der Waals surface area contributed by atoms with Crippen LogP contribution in [0.4, 0.5) is 0 Å². The van der Waals surface area contributed by atoms with Crippen LogP contribution in [0, 0.1) is 11.8 Å². The minimum Gasteiger partial charge on any atom is -0.462 e. The minimum atomic E-state index is -0.761. The van der Waals surface area contributed by atoms with Gasteiger partial charge in [-0.15, -0.1) is 0 Å². The second-order valence-corrected chi connectivity index (χ2v) is 18.6. The lowest BCUT2D eigenvalue weighted by atomic mass is 9.99. The summed E-state index contributed by atoms with van der Waals surface area (Å²) in [5, 5.41) is 0. The molecule has 0 aliphatic heterocycles. The Hall–Kier alpha value is -1.59. The number of carbonyl (C=O) groups excluding carboxylic acids is 3. The van der Waals surface area contributed by atoms with Crippen molar-refractivity contribution >= 4 is 17.9 Å². The molecule has 6 heteroatoms. The van der Waals surface area contributed by atoms with Gasteiger partial charge < -0.3 is 14.2 Å². The first-order chi connectivity index (χ1) is 28.8. The molecule has 0 heterocycles. The van der Waals surface area contributed by atoms with Crippen LogP contribution in [0.5, 0.6) is 0 Å². The fourth-order valence-corrected chi connectivity index (χ4v) is 7.93. The third kappa shape index (κ3) is 44.3. The molecule has 0 aliphatic carbocycles. The van der Waals surface area contributed by atoms with Gasteiger partial charge in [0.05, 0.1) is 0 Å². The average Bonchev–Trinajstić information content (AvgIpc) is 3.23. The summed E-state index contributed by atoms with van der Waals surface area (Å²) in [4.78, 5) is 37.9. The van der Waals surface area contributed by atoms with E-state index < -0.39 is 6.10 Å². The molecule has 350 valence electrons. The van der Waals surface area contributed by atoms with Gasteiger partial charge in [0.1, 0.15) is 13.2 Å². The summed E-state index contributed by atoms with van der Waals surface area (Å²) in [6, 6.07) is 0. The summed E-state index contributed by atoms with van der Waals surface area (Å²) in [7, 11) is 0. The van der Waals surface area contributed by atoms with E-state index in [1.165, 1.54) is 180 Å². The molecule has 0 aromatic heterocycles. The Labute approximate surface area is 368 Å². The maximum atomic E-state index is 12.8. The van der Waals surface area contributed by atoms with Gasteiger partial charge in [0, 0.05) is 19.3 Å². The van der Waals surface area contributed by atoms with Gasteiger partial charge in [0.2, 0.25) is 0 Å². The second kappa shape index (κ2) is 45.9. The molecule has 6 nitrogen and oxygen atoms in total.